The summed E-state index contributed by atoms with van der Waals surface area (Å²) in [7, 11) is 0.279. The minimum atomic E-state index is 0.0448. The van der Waals surface area contributed by atoms with E-state index in [9.17, 15) is 4.48 Å². The standard InChI is InChI=1S/C4H11FNP/c1-4(2)6(5)7-3/h4,7H,1-3H3. The van der Waals surface area contributed by atoms with Crippen LogP contribution in [0, 0.1) is 0 Å². The molecule has 0 heterocycles. The molecular weight excluding hydrogens is 112 g/mol. The van der Waals surface area contributed by atoms with Crippen LogP contribution in [0.1, 0.15) is 13.8 Å². The van der Waals surface area contributed by atoms with Crippen LogP contribution in [0.4, 0.5) is 4.48 Å². The first kappa shape index (κ1) is 7.32. The van der Waals surface area contributed by atoms with Gasteiger partial charge < -0.3 is 0 Å². The van der Waals surface area contributed by atoms with Crippen LogP contribution in [0.15, 0.2) is 0 Å². The molecule has 3 heteroatoms. The van der Waals surface area contributed by atoms with Gasteiger partial charge in [-0.15, -0.1) is 9.37 Å². The molecule has 0 spiro atoms. The van der Waals surface area contributed by atoms with E-state index in [2.05, 4.69) is 0 Å². The fraction of sp³-hybridized carbons (Fsp3) is 1.00. The molecule has 0 saturated carbocycles. The van der Waals surface area contributed by atoms with Gasteiger partial charge in [0.05, 0.1) is 0 Å². The average Bonchev–Trinajstić information content (AvgIpc) is 1.65. The zero-order valence-corrected chi connectivity index (χ0v) is 5.90. The van der Waals surface area contributed by atoms with E-state index in [1.54, 1.807) is 0 Å². The van der Waals surface area contributed by atoms with Crippen molar-refractivity contribution in [1.29, 1.82) is 0 Å². The Balaban J connectivity index is 3.14. The van der Waals surface area contributed by atoms with Crippen molar-refractivity contribution in [3.05, 3.63) is 0 Å². The molecule has 1 unspecified atom stereocenters. The van der Waals surface area contributed by atoms with Crippen molar-refractivity contribution in [2.75, 3.05) is 6.66 Å². The summed E-state index contributed by atoms with van der Waals surface area (Å²) in [6.07, 6.45) is 0. The number of rotatable bonds is 2. The highest BCUT2D eigenvalue weighted by molar-refractivity contribution is 7.33. The molecule has 0 aliphatic heterocycles. The summed E-state index contributed by atoms with van der Waals surface area (Å²) in [6.45, 7) is 5.48. The maximum Gasteiger partial charge on any atom is 0.0383 e. The Bertz CT molecular complexity index is 49.0. The predicted octanol–water partition coefficient (Wildman–Crippen LogP) is 1.80. The van der Waals surface area contributed by atoms with Crippen LogP contribution < -0.4 is 0 Å². The van der Waals surface area contributed by atoms with E-state index >= 15 is 0 Å². The van der Waals surface area contributed by atoms with Gasteiger partial charge >= 0.3 is 0 Å². The van der Waals surface area contributed by atoms with Gasteiger partial charge in [-0.05, 0) is 29.2 Å². The van der Waals surface area contributed by atoms with Crippen LogP contribution in [-0.4, -0.2) is 17.6 Å². The van der Waals surface area contributed by atoms with E-state index in [4.69, 9.17) is 0 Å². The summed E-state index contributed by atoms with van der Waals surface area (Å²) >= 11 is 0. The fourth-order valence-corrected chi connectivity index (χ4v) is 0.775. The Morgan fingerprint density at radius 2 is 2.00 bits per heavy atom. The second-order valence-corrected chi connectivity index (χ2v) is 2.50. The second kappa shape index (κ2) is 3.34. The summed E-state index contributed by atoms with van der Waals surface area (Å²) in [5.41, 5.74) is 0. The lowest BCUT2D eigenvalue weighted by Gasteiger charge is -2.11. The molecule has 0 N–H and O–H groups in total. The molecule has 0 aromatic rings. The molecule has 0 fully saturated rings. The summed E-state index contributed by atoms with van der Waals surface area (Å²) in [6, 6.07) is 0.0448. The highest BCUT2D eigenvalue weighted by Gasteiger charge is 2.01. The average molecular weight is 123 g/mol. The van der Waals surface area contributed by atoms with Gasteiger partial charge in [-0.1, -0.05) is 0 Å². The van der Waals surface area contributed by atoms with Crippen molar-refractivity contribution in [1.82, 2.24) is 4.89 Å². The molecule has 0 aliphatic carbocycles. The van der Waals surface area contributed by atoms with Crippen LogP contribution in [0.25, 0.3) is 0 Å². The smallest absolute Gasteiger partial charge is 0.0383 e. The van der Waals surface area contributed by atoms with E-state index in [1.165, 1.54) is 0 Å². The molecule has 0 saturated heterocycles. The molecule has 0 aromatic heterocycles. The van der Waals surface area contributed by atoms with Gasteiger partial charge in [0.2, 0.25) is 0 Å². The van der Waals surface area contributed by atoms with Gasteiger partial charge in [-0.3, -0.25) is 0 Å². The lowest BCUT2D eigenvalue weighted by molar-refractivity contribution is 0.115. The number of hydrogen-bond donors (Lipinski definition) is 0. The van der Waals surface area contributed by atoms with Gasteiger partial charge in [-0.25, -0.2) is 0 Å². The largest absolute Gasteiger partial charge is 0.131 e. The number of hydrogen-bond acceptors (Lipinski definition) is 1. The van der Waals surface area contributed by atoms with Gasteiger partial charge in [-0.2, -0.15) is 0 Å². The quantitative estimate of drug-likeness (QED) is 0.399. The molecule has 0 bridgehead atoms. The third-order valence-electron chi connectivity index (χ3n) is 0.667. The van der Waals surface area contributed by atoms with Crippen molar-refractivity contribution in [2.24, 2.45) is 0 Å². The number of halogens is 1. The maximum atomic E-state index is 12.1. The molecule has 7 heavy (non-hydrogen) atoms. The van der Waals surface area contributed by atoms with Gasteiger partial charge in [0, 0.05) is 6.04 Å². The van der Waals surface area contributed by atoms with Gasteiger partial charge in [0.25, 0.3) is 0 Å². The summed E-state index contributed by atoms with van der Waals surface area (Å²) < 4.78 is 12.1. The topological polar surface area (TPSA) is 3.24 Å². The molecule has 0 aromatic carbocycles. The Hall–Kier alpha value is 0.320. The zero-order valence-electron chi connectivity index (χ0n) is 4.90. The highest BCUT2D eigenvalue weighted by atomic mass is 31.1. The molecular formula is C4H11FNP. The normalized spacial score (nSPS) is 12.9. The molecule has 0 rings (SSSR count). The Morgan fingerprint density at radius 1 is 1.57 bits per heavy atom. The third kappa shape index (κ3) is 2.95. The Kier molecular flexibility index (Phi) is 3.49. The fourth-order valence-electron chi connectivity index (χ4n) is 0.258. The zero-order chi connectivity index (χ0) is 5.86. The molecule has 0 radical (unpaired) electrons. The van der Waals surface area contributed by atoms with Gasteiger partial charge in [0.15, 0.2) is 0 Å². The highest BCUT2D eigenvalue weighted by Crippen LogP contribution is 2.15. The Labute approximate surface area is 45.7 Å². The molecule has 1 nitrogen and oxygen atoms in total. The molecule has 0 amide bonds. The minimum Gasteiger partial charge on any atom is -0.131 e. The van der Waals surface area contributed by atoms with Crippen LogP contribution in [0.2, 0.25) is 0 Å². The first-order valence-corrected chi connectivity index (χ1v) is 3.75. The van der Waals surface area contributed by atoms with Crippen LogP contribution in [-0.2, 0) is 0 Å². The van der Waals surface area contributed by atoms with Crippen molar-refractivity contribution in [3.63, 3.8) is 0 Å². The van der Waals surface area contributed by atoms with E-state index in [-0.39, 0.29) is 14.8 Å². The molecule has 0 aliphatic rings. The third-order valence-corrected chi connectivity index (χ3v) is 1.61. The Morgan fingerprint density at radius 3 is 2.00 bits per heavy atom. The van der Waals surface area contributed by atoms with E-state index in [0.717, 1.165) is 4.89 Å². The van der Waals surface area contributed by atoms with Crippen molar-refractivity contribution >= 4 is 8.73 Å². The lowest BCUT2D eigenvalue weighted by atomic mass is 10.4. The van der Waals surface area contributed by atoms with Crippen molar-refractivity contribution in [2.45, 2.75) is 19.9 Å². The summed E-state index contributed by atoms with van der Waals surface area (Å²) in [5.74, 6) is 0. The van der Waals surface area contributed by atoms with Crippen LogP contribution in [0.3, 0.4) is 0 Å². The molecule has 1 atom stereocenters. The predicted molar refractivity (Wildman–Crippen MR) is 32.3 cm³/mol. The van der Waals surface area contributed by atoms with Crippen molar-refractivity contribution < 1.29 is 4.48 Å². The lowest BCUT2D eigenvalue weighted by Crippen LogP contribution is -2.11. The van der Waals surface area contributed by atoms with Gasteiger partial charge in [0.1, 0.15) is 0 Å². The molecule has 44 valence electrons. The summed E-state index contributed by atoms with van der Waals surface area (Å²) in [5, 5.41) is 0. The van der Waals surface area contributed by atoms with Crippen LogP contribution >= 0.6 is 8.73 Å². The monoisotopic (exact) mass is 123 g/mol. The number of nitrogens with zero attached hydrogens (tertiary/aromatic N) is 1. The minimum absolute atomic E-state index is 0.0448. The van der Waals surface area contributed by atoms with E-state index < -0.39 is 0 Å². The second-order valence-electron chi connectivity index (χ2n) is 1.63. The van der Waals surface area contributed by atoms with Crippen molar-refractivity contribution in [3.8, 4) is 0 Å². The first-order valence-electron chi connectivity index (χ1n) is 2.31. The van der Waals surface area contributed by atoms with Crippen LogP contribution in [0.5, 0.6) is 0 Å². The first-order chi connectivity index (χ1) is 3.18. The van der Waals surface area contributed by atoms with E-state index in [0.29, 0.717) is 0 Å². The van der Waals surface area contributed by atoms with E-state index in [1.807, 2.05) is 20.5 Å². The SMILES string of the molecule is CPN(F)C(C)C. The summed E-state index contributed by atoms with van der Waals surface area (Å²) in [4.78, 5) is 0.819. The maximum absolute atomic E-state index is 12.1.